The van der Waals surface area contributed by atoms with Gasteiger partial charge >= 0.3 is 0 Å². The molecule has 2 N–H and O–H groups in total. The van der Waals surface area contributed by atoms with Crippen LogP contribution in [-0.2, 0) is 0 Å². The van der Waals surface area contributed by atoms with E-state index in [-0.39, 0.29) is 6.61 Å². The fourth-order valence-corrected chi connectivity index (χ4v) is 4.03. The van der Waals surface area contributed by atoms with Crippen molar-refractivity contribution in [3.05, 3.63) is 0 Å². The van der Waals surface area contributed by atoms with Gasteiger partial charge in [-0.05, 0) is 12.3 Å². The number of aliphatic hydroxyl groups is 2. The number of unbranched alkanes of at least 4 members (excludes halogenated alkanes) is 18. The van der Waals surface area contributed by atoms with Crippen LogP contribution in [0, 0.1) is 5.92 Å². The van der Waals surface area contributed by atoms with E-state index in [9.17, 15) is 5.11 Å². The highest BCUT2D eigenvalue weighted by molar-refractivity contribution is 4.54. The van der Waals surface area contributed by atoms with Crippen molar-refractivity contribution >= 4 is 0 Å². The molecule has 2 heteroatoms. The van der Waals surface area contributed by atoms with E-state index in [1.807, 2.05) is 0 Å². The largest absolute Gasteiger partial charge is 0.394 e. The topological polar surface area (TPSA) is 40.5 Å². The van der Waals surface area contributed by atoms with Crippen molar-refractivity contribution in [2.45, 2.75) is 155 Å². The van der Waals surface area contributed by atoms with Crippen LogP contribution in [0.4, 0.5) is 0 Å². The maximum absolute atomic E-state index is 9.27. The van der Waals surface area contributed by atoms with Gasteiger partial charge in [0.05, 0.1) is 12.7 Å². The molecule has 28 heavy (non-hydrogen) atoms. The molecule has 0 saturated heterocycles. The minimum absolute atomic E-state index is 0.0846. The first kappa shape index (κ1) is 27.9. The third-order valence-corrected chi connectivity index (χ3v) is 6.03. The second-order valence-electron chi connectivity index (χ2n) is 9.53. The minimum Gasteiger partial charge on any atom is -0.394 e. The Morgan fingerprint density at radius 3 is 0.929 bits per heavy atom. The van der Waals surface area contributed by atoms with E-state index >= 15 is 0 Å². The van der Waals surface area contributed by atoms with Gasteiger partial charge in [-0.2, -0.15) is 0 Å². The van der Waals surface area contributed by atoms with Crippen LogP contribution in [0.25, 0.3) is 0 Å². The predicted molar refractivity (Wildman–Crippen MR) is 125 cm³/mol. The summed E-state index contributed by atoms with van der Waals surface area (Å²) in [4.78, 5) is 0. The van der Waals surface area contributed by atoms with Crippen LogP contribution >= 0.6 is 0 Å². The number of hydrogen-bond acceptors (Lipinski definition) is 2. The summed E-state index contributed by atoms with van der Waals surface area (Å²) in [6.07, 6.45) is 28.2. The van der Waals surface area contributed by atoms with Gasteiger partial charge in [-0.15, -0.1) is 0 Å². The fourth-order valence-electron chi connectivity index (χ4n) is 4.03. The lowest BCUT2D eigenvalue weighted by Gasteiger charge is -2.06. The van der Waals surface area contributed by atoms with Crippen LogP contribution < -0.4 is 0 Å². The lowest BCUT2D eigenvalue weighted by atomic mass is 10.0. The summed E-state index contributed by atoms with van der Waals surface area (Å²) in [6.45, 7) is 4.58. The van der Waals surface area contributed by atoms with Gasteiger partial charge in [-0.3, -0.25) is 0 Å². The van der Waals surface area contributed by atoms with Gasteiger partial charge in [0.1, 0.15) is 0 Å². The fraction of sp³-hybridized carbons (Fsp3) is 1.00. The summed E-state index contributed by atoms with van der Waals surface area (Å²) in [5.41, 5.74) is 0. The Labute approximate surface area is 177 Å². The molecule has 0 radical (unpaired) electrons. The SMILES string of the molecule is CC(C)CCCCCCCCCCCCCCCCCCCCCC(O)CO. The zero-order chi connectivity index (χ0) is 20.7. The molecule has 0 aromatic rings. The molecule has 0 aliphatic rings. The van der Waals surface area contributed by atoms with Crippen LogP contribution in [0.1, 0.15) is 149 Å². The highest BCUT2D eigenvalue weighted by Crippen LogP contribution is 2.15. The third kappa shape index (κ3) is 24.0. The Hall–Kier alpha value is -0.0800. The van der Waals surface area contributed by atoms with Crippen molar-refractivity contribution in [2.75, 3.05) is 6.61 Å². The van der Waals surface area contributed by atoms with Gasteiger partial charge in [-0.25, -0.2) is 0 Å². The quantitative estimate of drug-likeness (QED) is 0.170. The molecule has 0 heterocycles. The van der Waals surface area contributed by atoms with E-state index < -0.39 is 6.10 Å². The van der Waals surface area contributed by atoms with Gasteiger partial charge in [0.2, 0.25) is 0 Å². The van der Waals surface area contributed by atoms with E-state index in [1.165, 1.54) is 122 Å². The highest BCUT2D eigenvalue weighted by atomic mass is 16.3. The first-order valence-electron chi connectivity index (χ1n) is 13.0. The summed E-state index contributed by atoms with van der Waals surface area (Å²) >= 11 is 0. The lowest BCUT2D eigenvalue weighted by molar-refractivity contribution is 0.0860. The summed E-state index contributed by atoms with van der Waals surface area (Å²) in [5.74, 6) is 0.884. The molecule has 0 saturated carbocycles. The molecule has 0 rings (SSSR count). The van der Waals surface area contributed by atoms with Crippen molar-refractivity contribution in [1.29, 1.82) is 0 Å². The Morgan fingerprint density at radius 1 is 0.429 bits per heavy atom. The normalized spacial score (nSPS) is 12.8. The summed E-state index contributed by atoms with van der Waals surface area (Å²) in [5, 5.41) is 18.0. The van der Waals surface area contributed by atoms with Crippen molar-refractivity contribution in [2.24, 2.45) is 5.92 Å². The molecular formula is C26H54O2. The Kier molecular flexibility index (Phi) is 23.1. The molecule has 0 aliphatic carbocycles. The van der Waals surface area contributed by atoms with Crippen LogP contribution in [0.3, 0.4) is 0 Å². The first-order chi connectivity index (χ1) is 13.7. The Balaban J connectivity index is 3.01. The molecule has 0 aromatic heterocycles. The van der Waals surface area contributed by atoms with Gasteiger partial charge in [0.25, 0.3) is 0 Å². The Bertz CT molecular complexity index is 278. The molecule has 0 amide bonds. The molecule has 2 nitrogen and oxygen atoms in total. The van der Waals surface area contributed by atoms with Crippen LogP contribution in [0.5, 0.6) is 0 Å². The van der Waals surface area contributed by atoms with Gasteiger partial charge < -0.3 is 10.2 Å². The van der Waals surface area contributed by atoms with Crippen molar-refractivity contribution in [3.8, 4) is 0 Å². The molecule has 0 spiro atoms. The van der Waals surface area contributed by atoms with Gasteiger partial charge in [-0.1, -0.05) is 142 Å². The van der Waals surface area contributed by atoms with Crippen LogP contribution in [-0.4, -0.2) is 22.9 Å². The van der Waals surface area contributed by atoms with E-state index in [4.69, 9.17) is 5.11 Å². The molecule has 1 atom stereocenters. The number of aliphatic hydroxyl groups excluding tert-OH is 2. The van der Waals surface area contributed by atoms with Gasteiger partial charge in [0, 0.05) is 0 Å². The standard InChI is InChI=1S/C26H54O2/c1-25(2)22-20-18-16-14-12-10-8-6-4-3-5-7-9-11-13-15-17-19-21-23-26(28)24-27/h25-28H,3-24H2,1-2H3. The molecule has 0 aliphatic heterocycles. The number of hydrogen-bond donors (Lipinski definition) is 2. The molecule has 170 valence electrons. The second kappa shape index (κ2) is 23.2. The minimum atomic E-state index is -0.496. The van der Waals surface area contributed by atoms with E-state index in [1.54, 1.807) is 0 Å². The predicted octanol–water partition coefficient (Wildman–Crippen LogP) is 8.19. The highest BCUT2D eigenvalue weighted by Gasteiger charge is 2.00. The van der Waals surface area contributed by atoms with Crippen LogP contribution in [0.2, 0.25) is 0 Å². The molecule has 0 aromatic carbocycles. The summed E-state index contributed by atoms with van der Waals surface area (Å²) in [6, 6.07) is 0. The summed E-state index contributed by atoms with van der Waals surface area (Å²) < 4.78 is 0. The van der Waals surface area contributed by atoms with E-state index in [2.05, 4.69) is 13.8 Å². The molecule has 0 bridgehead atoms. The van der Waals surface area contributed by atoms with E-state index in [0.717, 1.165) is 18.8 Å². The second-order valence-corrected chi connectivity index (χ2v) is 9.53. The zero-order valence-corrected chi connectivity index (χ0v) is 19.6. The number of rotatable bonds is 23. The van der Waals surface area contributed by atoms with Crippen molar-refractivity contribution in [1.82, 2.24) is 0 Å². The maximum Gasteiger partial charge on any atom is 0.0770 e. The van der Waals surface area contributed by atoms with Crippen molar-refractivity contribution in [3.63, 3.8) is 0 Å². The molecule has 1 unspecified atom stereocenters. The smallest absolute Gasteiger partial charge is 0.0770 e. The van der Waals surface area contributed by atoms with E-state index in [0.29, 0.717) is 0 Å². The third-order valence-electron chi connectivity index (χ3n) is 6.03. The van der Waals surface area contributed by atoms with Crippen LogP contribution in [0.15, 0.2) is 0 Å². The first-order valence-corrected chi connectivity index (χ1v) is 13.0. The summed E-state index contributed by atoms with van der Waals surface area (Å²) in [7, 11) is 0. The Morgan fingerprint density at radius 2 is 0.679 bits per heavy atom. The average Bonchev–Trinajstić information content (AvgIpc) is 2.68. The van der Waals surface area contributed by atoms with Gasteiger partial charge in [0.15, 0.2) is 0 Å². The van der Waals surface area contributed by atoms with Crippen molar-refractivity contribution < 1.29 is 10.2 Å². The lowest BCUT2D eigenvalue weighted by Crippen LogP contribution is -2.10. The monoisotopic (exact) mass is 398 g/mol. The molecule has 0 fully saturated rings. The molecular weight excluding hydrogens is 344 g/mol. The maximum atomic E-state index is 9.27. The average molecular weight is 399 g/mol. The zero-order valence-electron chi connectivity index (χ0n) is 19.6.